The fourth-order valence-corrected chi connectivity index (χ4v) is 12.9. The van der Waals surface area contributed by atoms with Crippen LogP contribution in [0, 0.1) is 41.4 Å². The Hall–Kier alpha value is -3.30. The summed E-state index contributed by atoms with van der Waals surface area (Å²) in [5.41, 5.74) is 1.13. The van der Waals surface area contributed by atoms with Gasteiger partial charge in [0.05, 0.1) is 11.8 Å². The zero-order valence-corrected chi connectivity index (χ0v) is 42.6. The van der Waals surface area contributed by atoms with Gasteiger partial charge in [-0.25, -0.2) is 0 Å². The molecule has 2 aromatic carbocycles. The smallest absolute Gasteiger partial charge is 0.387 e. The highest BCUT2D eigenvalue weighted by Crippen LogP contribution is 2.53. The van der Waals surface area contributed by atoms with Gasteiger partial charge >= 0.3 is 25.2 Å². The summed E-state index contributed by atoms with van der Waals surface area (Å²) in [5, 5.41) is 9.53. The molecule has 0 atom stereocenters. The predicted molar refractivity (Wildman–Crippen MR) is 269 cm³/mol. The van der Waals surface area contributed by atoms with Crippen molar-refractivity contribution in [3.63, 3.8) is 0 Å². The number of aliphatic carboxylic acids is 1. The summed E-state index contributed by atoms with van der Waals surface area (Å²) in [4.78, 5) is 24.2. The quantitative estimate of drug-likeness (QED) is 0.0416. The Morgan fingerprint density at radius 1 is 0.507 bits per heavy atom. The van der Waals surface area contributed by atoms with E-state index in [1.807, 2.05) is 12.1 Å². The maximum atomic E-state index is 12.6. The summed E-state index contributed by atoms with van der Waals surface area (Å²) >= 11 is 0. The minimum Gasteiger partial charge on any atom is -0.481 e. The Labute approximate surface area is 414 Å². The average Bonchev–Trinajstić information content (AvgIpc) is 3.35. The lowest BCUT2D eigenvalue weighted by Crippen LogP contribution is -2.42. The maximum Gasteiger partial charge on any atom is 0.387 e. The zero-order chi connectivity index (χ0) is 49.3. The van der Waals surface area contributed by atoms with Gasteiger partial charge in [0.25, 0.3) is 0 Å². The second kappa shape index (κ2) is 31.2. The van der Waals surface area contributed by atoms with Crippen molar-refractivity contribution >= 4 is 11.9 Å². The molecule has 0 saturated heterocycles. The van der Waals surface area contributed by atoms with Gasteiger partial charge in [0.15, 0.2) is 0 Å². The molecule has 4 saturated carbocycles. The number of carbonyl (C=O) groups is 2. The molecule has 1 N–H and O–H groups in total. The van der Waals surface area contributed by atoms with E-state index in [9.17, 15) is 32.3 Å². The van der Waals surface area contributed by atoms with Gasteiger partial charge in [0, 0.05) is 0 Å². The number of carbonyl (C=O) groups excluding carboxylic acids is 1. The largest absolute Gasteiger partial charge is 0.481 e. The number of esters is 1. The molecule has 0 spiro atoms. The minimum absolute atomic E-state index is 0.0429. The van der Waals surface area contributed by atoms with Gasteiger partial charge in [-0.2, -0.15) is 17.6 Å². The molecule has 0 unspecified atom stereocenters. The maximum absolute atomic E-state index is 12.6. The van der Waals surface area contributed by atoms with E-state index in [0.717, 1.165) is 62.2 Å². The average molecular weight is 971 g/mol. The number of rotatable bonds is 27. The summed E-state index contributed by atoms with van der Waals surface area (Å²) in [6.07, 6.45) is 41.1. The first-order valence-corrected chi connectivity index (χ1v) is 28.0. The number of hydrogen-bond donors (Lipinski definition) is 1. The summed E-state index contributed by atoms with van der Waals surface area (Å²) in [7, 11) is 0. The van der Waals surface area contributed by atoms with Crippen LogP contribution in [0.3, 0.4) is 0 Å². The number of unbranched alkanes of at least 4 members (excludes halogenated alkanes) is 13. The van der Waals surface area contributed by atoms with E-state index in [-0.39, 0.29) is 34.7 Å². The van der Waals surface area contributed by atoms with Crippen LogP contribution in [0.15, 0.2) is 48.5 Å². The van der Waals surface area contributed by atoms with E-state index in [2.05, 4.69) is 23.3 Å². The highest BCUT2D eigenvalue weighted by Gasteiger charge is 2.45. The van der Waals surface area contributed by atoms with E-state index in [1.54, 1.807) is 12.1 Å². The third-order valence-corrected chi connectivity index (χ3v) is 17.1. The van der Waals surface area contributed by atoms with Crippen molar-refractivity contribution in [3.05, 3.63) is 54.1 Å². The fourth-order valence-electron chi connectivity index (χ4n) is 12.9. The summed E-state index contributed by atoms with van der Waals surface area (Å²) in [5.74, 6) is 3.33. The molecule has 0 aromatic heterocycles. The fraction of sp³-hybridized carbons (Fsp3) is 0.763. The number of benzene rings is 2. The van der Waals surface area contributed by atoms with Crippen LogP contribution in [-0.4, -0.2) is 30.3 Å². The van der Waals surface area contributed by atoms with Crippen LogP contribution in [0.5, 0.6) is 17.2 Å². The van der Waals surface area contributed by atoms with Crippen molar-refractivity contribution in [1.29, 1.82) is 0 Å². The first kappa shape index (κ1) is 56.6. The molecule has 10 heteroatoms. The molecule has 0 bridgehead atoms. The first-order valence-electron chi connectivity index (χ1n) is 28.0. The Morgan fingerprint density at radius 3 is 1.33 bits per heavy atom. The lowest BCUT2D eigenvalue weighted by Gasteiger charge is -2.48. The van der Waals surface area contributed by atoms with Gasteiger partial charge in [-0.3, -0.25) is 9.59 Å². The van der Waals surface area contributed by atoms with Crippen LogP contribution < -0.4 is 14.2 Å². The van der Waals surface area contributed by atoms with Gasteiger partial charge in [-0.15, -0.1) is 0 Å². The van der Waals surface area contributed by atoms with Crippen LogP contribution in [0.1, 0.15) is 231 Å². The molecule has 0 heterocycles. The van der Waals surface area contributed by atoms with Crippen LogP contribution in [0.25, 0.3) is 0 Å². The third-order valence-electron chi connectivity index (χ3n) is 17.1. The number of alkyl halides is 4. The molecular weight excluding hydrogens is 881 g/mol. The molecule has 6 rings (SSSR count). The van der Waals surface area contributed by atoms with Crippen LogP contribution in [0.2, 0.25) is 0 Å². The molecule has 4 fully saturated rings. The summed E-state index contributed by atoms with van der Waals surface area (Å²) < 4.78 is 64.1. The third kappa shape index (κ3) is 19.7. The Bertz CT molecular complexity index is 1670. The van der Waals surface area contributed by atoms with Crippen molar-refractivity contribution in [1.82, 2.24) is 0 Å². The molecule has 390 valence electrons. The molecule has 0 aliphatic heterocycles. The van der Waals surface area contributed by atoms with Crippen LogP contribution in [0.4, 0.5) is 17.6 Å². The normalized spacial score (nSPS) is 26.2. The Kier molecular flexibility index (Phi) is 25.6. The number of carboxylic acids is 1. The standard InChI is InChI=1S/C30H46F2O3.C29H44F2O3/c1-2-3-4-5-6-7-8-9-10-23-11-13-25(14-12-23)30(21-19-24(20-22-30)28(33)34)26-15-17-27(18-16-26)35-29(31)32;1-2-3-4-5-6-7-8-9-22-10-12-23(13-11-22)24-14-16-25(17-15-24)28(32)33-26-18-20-27(21-19-26)34-29(30)31/h15-18,23-25,29H,2-14,19-22H2,1H3,(H,33,34);18-25,29H,2-17H2,1H3. The second-order valence-electron chi connectivity index (χ2n) is 21.7. The van der Waals surface area contributed by atoms with Crippen molar-refractivity contribution in [2.75, 3.05) is 0 Å². The molecule has 4 aliphatic carbocycles. The van der Waals surface area contributed by atoms with Gasteiger partial charge in [0.1, 0.15) is 17.2 Å². The molecular formula is C59H90F4O6. The Balaban J connectivity index is 0.000000258. The number of hydrogen-bond acceptors (Lipinski definition) is 5. The molecule has 2 aromatic rings. The topological polar surface area (TPSA) is 82.1 Å². The van der Waals surface area contributed by atoms with Crippen molar-refractivity contribution in [3.8, 4) is 17.2 Å². The molecule has 69 heavy (non-hydrogen) atoms. The summed E-state index contributed by atoms with van der Waals surface area (Å²) in [6.45, 7) is -1.14. The number of halogens is 4. The zero-order valence-electron chi connectivity index (χ0n) is 42.6. The number of ether oxygens (including phenoxy) is 3. The SMILES string of the molecule is CCCCCCCCCC1CCC(C2CCC(C(=O)Oc3ccc(OC(F)F)cc3)CC2)CC1.CCCCCCCCCCC1CCC(C2(c3ccc(OC(F)F)cc3)CCC(C(=O)O)CC2)CC1. The van der Waals surface area contributed by atoms with E-state index in [1.165, 1.54) is 190 Å². The molecule has 0 radical (unpaired) electrons. The van der Waals surface area contributed by atoms with Crippen LogP contribution in [-0.2, 0) is 15.0 Å². The van der Waals surface area contributed by atoms with E-state index < -0.39 is 19.2 Å². The predicted octanol–water partition coefficient (Wildman–Crippen LogP) is 18.1. The Morgan fingerprint density at radius 2 is 0.899 bits per heavy atom. The van der Waals surface area contributed by atoms with Gasteiger partial charge in [-0.1, -0.05) is 161 Å². The van der Waals surface area contributed by atoms with Crippen molar-refractivity contribution in [2.45, 2.75) is 244 Å². The van der Waals surface area contributed by atoms with E-state index >= 15 is 0 Å². The van der Waals surface area contributed by atoms with Gasteiger partial charge in [-0.05, 0) is 154 Å². The molecule has 0 amide bonds. The van der Waals surface area contributed by atoms with Gasteiger partial charge in [0.2, 0.25) is 0 Å². The monoisotopic (exact) mass is 971 g/mol. The van der Waals surface area contributed by atoms with Gasteiger partial charge < -0.3 is 19.3 Å². The van der Waals surface area contributed by atoms with Crippen molar-refractivity contribution < 1.29 is 46.5 Å². The van der Waals surface area contributed by atoms with E-state index in [4.69, 9.17) is 4.74 Å². The number of carboxylic acid groups (broad SMARTS) is 1. The first-order chi connectivity index (χ1) is 33.5. The van der Waals surface area contributed by atoms with Crippen LogP contribution >= 0.6 is 0 Å². The minimum atomic E-state index is -2.86. The summed E-state index contributed by atoms with van der Waals surface area (Å²) in [6, 6.07) is 13.0. The second-order valence-corrected chi connectivity index (χ2v) is 21.7. The lowest BCUT2D eigenvalue weighted by molar-refractivity contribution is -0.143. The molecule has 6 nitrogen and oxygen atoms in total. The van der Waals surface area contributed by atoms with Crippen molar-refractivity contribution in [2.24, 2.45) is 41.4 Å². The molecule has 4 aliphatic rings. The highest BCUT2D eigenvalue weighted by atomic mass is 19.3. The lowest BCUT2D eigenvalue weighted by atomic mass is 9.56. The van der Waals surface area contributed by atoms with E-state index in [0.29, 0.717) is 24.5 Å². The highest BCUT2D eigenvalue weighted by molar-refractivity contribution is 5.75.